The summed E-state index contributed by atoms with van der Waals surface area (Å²) in [7, 11) is 2.17. The maximum atomic E-state index is 10.1. The van der Waals surface area contributed by atoms with Gasteiger partial charge in [0.1, 0.15) is 12.3 Å². The summed E-state index contributed by atoms with van der Waals surface area (Å²) in [5.74, 6) is 1.76. The minimum atomic E-state index is 0.0330. The molecule has 1 aromatic carbocycles. The third-order valence-electron chi connectivity index (χ3n) is 7.93. The van der Waals surface area contributed by atoms with E-state index in [-0.39, 0.29) is 6.61 Å². The summed E-state index contributed by atoms with van der Waals surface area (Å²) in [4.78, 5) is 18.7. The zero-order valence-electron chi connectivity index (χ0n) is 21.6. The fourth-order valence-corrected chi connectivity index (χ4v) is 5.77. The van der Waals surface area contributed by atoms with Crippen LogP contribution in [0.2, 0.25) is 0 Å². The van der Waals surface area contributed by atoms with Crippen molar-refractivity contribution in [3.05, 3.63) is 58.5 Å². The number of nitrogens with one attached hydrogen (secondary N) is 2. The molecule has 0 radical (unpaired) electrons. The molecule has 3 N–H and O–H groups in total. The van der Waals surface area contributed by atoms with Gasteiger partial charge in [0.05, 0.1) is 30.7 Å². The molecule has 1 saturated heterocycles. The van der Waals surface area contributed by atoms with Gasteiger partial charge in [-0.1, -0.05) is 6.07 Å². The Balaban J connectivity index is 1.20. The van der Waals surface area contributed by atoms with E-state index < -0.39 is 0 Å². The zero-order chi connectivity index (χ0) is 25.4. The number of piperidine rings is 1. The average Bonchev–Trinajstić information content (AvgIpc) is 2.93. The Kier molecular flexibility index (Phi) is 6.56. The van der Waals surface area contributed by atoms with Crippen LogP contribution in [0.25, 0.3) is 0 Å². The molecule has 37 heavy (non-hydrogen) atoms. The largest absolute Gasteiger partial charge is 0.474 e. The maximum absolute atomic E-state index is 10.1. The van der Waals surface area contributed by atoms with Crippen LogP contribution in [-0.2, 0) is 19.6 Å². The second-order valence-corrected chi connectivity index (χ2v) is 10.3. The van der Waals surface area contributed by atoms with Crippen LogP contribution in [-0.4, -0.2) is 64.8 Å². The number of likely N-dealkylation sites (tertiary alicyclic amines) is 1. The number of nitrogens with zero attached hydrogens (tertiary/aromatic N) is 5. The number of aliphatic hydroxyl groups excluding tert-OH is 1. The lowest BCUT2D eigenvalue weighted by Gasteiger charge is -2.32. The molecule has 0 atom stereocenters. The Morgan fingerprint density at radius 1 is 1.16 bits per heavy atom. The first-order valence-corrected chi connectivity index (χ1v) is 13.2. The Morgan fingerprint density at radius 3 is 2.86 bits per heavy atom. The average molecular weight is 502 g/mol. The molecule has 6 rings (SSSR count). The highest BCUT2D eigenvalue weighted by Gasteiger charge is 2.24. The summed E-state index contributed by atoms with van der Waals surface area (Å²) in [5.41, 5.74) is 8.59. The van der Waals surface area contributed by atoms with Crippen molar-refractivity contribution in [2.75, 3.05) is 55.4 Å². The van der Waals surface area contributed by atoms with Gasteiger partial charge in [0.2, 0.25) is 11.8 Å². The summed E-state index contributed by atoms with van der Waals surface area (Å²) in [6, 6.07) is 6.28. The maximum Gasteiger partial charge on any atom is 0.237 e. The van der Waals surface area contributed by atoms with Crippen LogP contribution in [0.5, 0.6) is 5.88 Å². The van der Waals surface area contributed by atoms with E-state index in [9.17, 15) is 5.11 Å². The molecule has 3 aromatic rings. The molecule has 0 amide bonds. The Morgan fingerprint density at radius 2 is 2.03 bits per heavy atom. The normalized spacial score (nSPS) is 18.0. The molecule has 0 spiro atoms. The van der Waals surface area contributed by atoms with Crippen molar-refractivity contribution in [2.45, 2.75) is 45.3 Å². The summed E-state index contributed by atoms with van der Waals surface area (Å²) in [6.45, 7) is 7.38. The van der Waals surface area contributed by atoms with E-state index in [1.807, 2.05) is 18.5 Å². The standard InChI is InChI=1S/C28H35N7O2/c1-18-25(15-30-27-26(18)29-8-12-37-27)35-11-7-20-14-31-28(33-24(20)16-35)32-22-3-4-23(21(13-22)17-36)19-5-9-34(2)10-6-19/h3-4,13-15,19,29,36H,5-12,16-17H2,1-2H3,(H,31,32,33). The summed E-state index contributed by atoms with van der Waals surface area (Å²) in [6.07, 6.45) is 6.99. The van der Waals surface area contributed by atoms with Gasteiger partial charge in [0, 0.05) is 30.5 Å². The monoisotopic (exact) mass is 501 g/mol. The Hall–Kier alpha value is -3.43. The first-order chi connectivity index (χ1) is 18.1. The number of hydrogen-bond donors (Lipinski definition) is 3. The van der Waals surface area contributed by atoms with Crippen LogP contribution in [0.4, 0.5) is 23.0 Å². The predicted octanol–water partition coefficient (Wildman–Crippen LogP) is 3.59. The van der Waals surface area contributed by atoms with Gasteiger partial charge in [-0.3, -0.25) is 0 Å². The number of fused-ring (bicyclic) bond motifs is 2. The highest BCUT2D eigenvalue weighted by atomic mass is 16.5. The van der Waals surface area contributed by atoms with Gasteiger partial charge in [-0.15, -0.1) is 0 Å². The second kappa shape index (κ2) is 10.1. The first-order valence-electron chi connectivity index (χ1n) is 13.2. The van der Waals surface area contributed by atoms with Crippen LogP contribution < -0.4 is 20.3 Å². The Bertz CT molecular complexity index is 1290. The number of aromatic nitrogens is 3. The SMILES string of the molecule is Cc1c(N2CCc3cnc(Nc4ccc(C5CCN(C)CC5)c(CO)c4)nc3C2)cnc2c1NCCO2. The van der Waals surface area contributed by atoms with Gasteiger partial charge in [-0.2, -0.15) is 0 Å². The first kappa shape index (κ1) is 23.9. The van der Waals surface area contributed by atoms with Crippen molar-refractivity contribution in [1.82, 2.24) is 19.9 Å². The molecule has 0 bridgehead atoms. The highest BCUT2D eigenvalue weighted by molar-refractivity contribution is 5.70. The number of rotatable bonds is 5. The number of aliphatic hydroxyl groups is 1. The molecule has 1 fully saturated rings. The summed E-state index contributed by atoms with van der Waals surface area (Å²) < 4.78 is 5.70. The van der Waals surface area contributed by atoms with Crippen LogP contribution in [0.3, 0.4) is 0 Å². The number of hydrogen-bond acceptors (Lipinski definition) is 9. The van der Waals surface area contributed by atoms with E-state index in [1.54, 1.807) is 0 Å². The second-order valence-electron chi connectivity index (χ2n) is 10.3. The zero-order valence-corrected chi connectivity index (χ0v) is 21.6. The molecule has 3 aliphatic rings. The highest BCUT2D eigenvalue weighted by Crippen LogP contribution is 2.36. The minimum absolute atomic E-state index is 0.0330. The topological polar surface area (TPSA) is 98.7 Å². The lowest BCUT2D eigenvalue weighted by Crippen LogP contribution is -2.32. The van der Waals surface area contributed by atoms with E-state index in [0.29, 0.717) is 30.9 Å². The van der Waals surface area contributed by atoms with E-state index in [4.69, 9.17) is 9.72 Å². The van der Waals surface area contributed by atoms with Crippen molar-refractivity contribution in [1.29, 1.82) is 0 Å². The van der Waals surface area contributed by atoms with Crippen molar-refractivity contribution in [3.63, 3.8) is 0 Å². The smallest absolute Gasteiger partial charge is 0.237 e. The van der Waals surface area contributed by atoms with Crippen LogP contribution in [0.1, 0.15) is 46.7 Å². The van der Waals surface area contributed by atoms with Gasteiger partial charge in [-0.25, -0.2) is 15.0 Å². The summed E-state index contributed by atoms with van der Waals surface area (Å²) >= 11 is 0. The molecule has 2 aromatic heterocycles. The van der Waals surface area contributed by atoms with E-state index in [2.05, 4.69) is 56.5 Å². The van der Waals surface area contributed by atoms with Crippen LogP contribution >= 0.6 is 0 Å². The molecule has 194 valence electrons. The minimum Gasteiger partial charge on any atom is -0.474 e. The number of ether oxygens (including phenoxy) is 1. The van der Waals surface area contributed by atoms with Crippen molar-refractivity contribution < 1.29 is 9.84 Å². The summed E-state index contributed by atoms with van der Waals surface area (Å²) in [5, 5.41) is 16.9. The van der Waals surface area contributed by atoms with E-state index in [0.717, 1.165) is 79.3 Å². The van der Waals surface area contributed by atoms with Gasteiger partial charge in [-0.05, 0) is 81.1 Å². The third-order valence-corrected chi connectivity index (χ3v) is 7.93. The molecular weight excluding hydrogens is 466 g/mol. The Labute approximate surface area is 217 Å². The molecular formula is C28H35N7O2. The van der Waals surface area contributed by atoms with Gasteiger partial charge < -0.3 is 30.3 Å². The van der Waals surface area contributed by atoms with Gasteiger partial charge >= 0.3 is 0 Å². The van der Waals surface area contributed by atoms with Crippen molar-refractivity contribution in [2.24, 2.45) is 0 Å². The van der Waals surface area contributed by atoms with Crippen molar-refractivity contribution >= 4 is 23.0 Å². The molecule has 0 saturated carbocycles. The van der Waals surface area contributed by atoms with Crippen molar-refractivity contribution in [3.8, 4) is 5.88 Å². The third kappa shape index (κ3) is 4.81. The van der Waals surface area contributed by atoms with E-state index in [1.165, 1.54) is 11.1 Å². The fraction of sp³-hybridized carbons (Fsp3) is 0.464. The lowest BCUT2D eigenvalue weighted by molar-refractivity contribution is 0.249. The number of pyridine rings is 1. The number of benzene rings is 1. The quantitative estimate of drug-likeness (QED) is 0.484. The fourth-order valence-electron chi connectivity index (χ4n) is 5.77. The molecule has 3 aliphatic heterocycles. The van der Waals surface area contributed by atoms with E-state index >= 15 is 0 Å². The van der Waals surface area contributed by atoms with Crippen LogP contribution in [0, 0.1) is 6.92 Å². The molecule has 5 heterocycles. The molecule has 0 unspecified atom stereocenters. The lowest BCUT2D eigenvalue weighted by atomic mass is 9.86. The molecule has 9 nitrogen and oxygen atoms in total. The number of anilines is 4. The molecule has 0 aliphatic carbocycles. The van der Waals surface area contributed by atoms with Crippen LogP contribution in [0.15, 0.2) is 30.6 Å². The van der Waals surface area contributed by atoms with Gasteiger partial charge in [0.25, 0.3) is 0 Å². The van der Waals surface area contributed by atoms with Gasteiger partial charge in [0.15, 0.2) is 0 Å². The molecule has 9 heteroatoms. The predicted molar refractivity (Wildman–Crippen MR) is 145 cm³/mol.